The van der Waals surface area contributed by atoms with Crippen LogP contribution in [0.2, 0.25) is 0 Å². The maximum absolute atomic E-state index is 5.63. The SMILES string of the molecule is C[C@H]1CN(c2cnsn2)C[C@H](C)O1. The first-order valence-electron chi connectivity index (χ1n) is 4.43. The van der Waals surface area contributed by atoms with Crippen LogP contribution >= 0.6 is 11.7 Å². The zero-order chi connectivity index (χ0) is 9.26. The fourth-order valence-corrected chi connectivity index (χ4v) is 2.10. The minimum atomic E-state index is 0.283. The summed E-state index contributed by atoms with van der Waals surface area (Å²) in [6, 6.07) is 0. The van der Waals surface area contributed by atoms with Gasteiger partial charge in [0.05, 0.1) is 30.1 Å². The second-order valence-electron chi connectivity index (χ2n) is 3.43. The van der Waals surface area contributed by atoms with Crippen LogP contribution in [0.15, 0.2) is 6.20 Å². The van der Waals surface area contributed by atoms with Gasteiger partial charge >= 0.3 is 0 Å². The minimum absolute atomic E-state index is 0.283. The smallest absolute Gasteiger partial charge is 0.162 e. The van der Waals surface area contributed by atoms with Gasteiger partial charge in [-0.3, -0.25) is 0 Å². The second kappa shape index (κ2) is 3.59. The molecule has 1 aromatic heterocycles. The van der Waals surface area contributed by atoms with Crippen LogP contribution in [0.25, 0.3) is 0 Å². The van der Waals surface area contributed by atoms with Crippen molar-refractivity contribution < 1.29 is 4.74 Å². The summed E-state index contributed by atoms with van der Waals surface area (Å²) >= 11 is 1.25. The summed E-state index contributed by atoms with van der Waals surface area (Å²) in [6.45, 7) is 6.00. The lowest BCUT2D eigenvalue weighted by molar-refractivity contribution is -0.00541. The molecule has 2 heterocycles. The minimum Gasteiger partial charge on any atom is -0.372 e. The van der Waals surface area contributed by atoms with Crippen LogP contribution in [0.3, 0.4) is 0 Å². The highest BCUT2D eigenvalue weighted by molar-refractivity contribution is 6.99. The van der Waals surface area contributed by atoms with Crippen molar-refractivity contribution in [2.45, 2.75) is 26.1 Å². The molecular formula is C8H13N3OS. The van der Waals surface area contributed by atoms with Crippen LogP contribution in [0, 0.1) is 0 Å². The van der Waals surface area contributed by atoms with Crippen molar-refractivity contribution >= 4 is 17.5 Å². The molecule has 0 saturated carbocycles. The average molecular weight is 199 g/mol. The predicted molar refractivity (Wildman–Crippen MR) is 52.1 cm³/mol. The summed E-state index contributed by atoms with van der Waals surface area (Å²) in [5.74, 6) is 0.979. The van der Waals surface area contributed by atoms with E-state index >= 15 is 0 Å². The zero-order valence-electron chi connectivity index (χ0n) is 7.80. The van der Waals surface area contributed by atoms with Gasteiger partial charge in [0.1, 0.15) is 0 Å². The third-order valence-corrected chi connectivity index (χ3v) is 2.56. The van der Waals surface area contributed by atoms with E-state index in [-0.39, 0.29) is 12.2 Å². The van der Waals surface area contributed by atoms with Crippen molar-refractivity contribution in [3.05, 3.63) is 6.20 Å². The number of hydrogen-bond acceptors (Lipinski definition) is 5. The van der Waals surface area contributed by atoms with Crippen LogP contribution < -0.4 is 4.90 Å². The first-order valence-corrected chi connectivity index (χ1v) is 5.16. The maximum Gasteiger partial charge on any atom is 0.162 e. The fraction of sp³-hybridized carbons (Fsp3) is 0.750. The van der Waals surface area contributed by atoms with Gasteiger partial charge in [-0.25, -0.2) is 0 Å². The molecule has 5 heteroatoms. The highest BCUT2D eigenvalue weighted by Gasteiger charge is 2.23. The quantitative estimate of drug-likeness (QED) is 0.680. The van der Waals surface area contributed by atoms with Crippen molar-refractivity contribution in [3.63, 3.8) is 0 Å². The van der Waals surface area contributed by atoms with Gasteiger partial charge in [-0.15, -0.1) is 0 Å². The molecule has 1 aliphatic heterocycles. The highest BCUT2D eigenvalue weighted by Crippen LogP contribution is 2.17. The monoisotopic (exact) mass is 199 g/mol. The molecule has 0 aliphatic carbocycles. The maximum atomic E-state index is 5.63. The molecule has 0 amide bonds. The topological polar surface area (TPSA) is 38.2 Å². The van der Waals surface area contributed by atoms with E-state index in [1.807, 2.05) is 6.20 Å². The Morgan fingerprint density at radius 2 is 2.15 bits per heavy atom. The fourth-order valence-electron chi connectivity index (χ4n) is 1.66. The lowest BCUT2D eigenvalue weighted by Gasteiger charge is -2.35. The molecule has 1 aromatic rings. The molecule has 4 nitrogen and oxygen atoms in total. The molecule has 0 bridgehead atoms. The van der Waals surface area contributed by atoms with Gasteiger partial charge in [-0.2, -0.15) is 8.75 Å². The van der Waals surface area contributed by atoms with Gasteiger partial charge in [0.25, 0.3) is 0 Å². The van der Waals surface area contributed by atoms with Crippen LogP contribution in [0.5, 0.6) is 0 Å². The molecule has 1 saturated heterocycles. The summed E-state index contributed by atoms with van der Waals surface area (Å²) in [4.78, 5) is 2.22. The Kier molecular flexibility index (Phi) is 2.46. The number of morpholine rings is 1. The van der Waals surface area contributed by atoms with Crippen LogP contribution in [-0.2, 0) is 4.74 Å². The van der Waals surface area contributed by atoms with E-state index in [9.17, 15) is 0 Å². The number of nitrogens with zero attached hydrogens (tertiary/aromatic N) is 3. The zero-order valence-corrected chi connectivity index (χ0v) is 8.62. The van der Waals surface area contributed by atoms with Gasteiger partial charge in [0.15, 0.2) is 5.82 Å². The molecule has 0 spiro atoms. The van der Waals surface area contributed by atoms with Crippen LogP contribution in [0.1, 0.15) is 13.8 Å². The van der Waals surface area contributed by atoms with E-state index in [0.717, 1.165) is 18.9 Å². The van der Waals surface area contributed by atoms with Gasteiger partial charge in [0, 0.05) is 13.1 Å². The van der Waals surface area contributed by atoms with E-state index in [1.54, 1.807) is 0 Å². The van der Waals surface area contributed by atoms with Crippen LogP contribution in [0.4, 0.5) is 5.82 Å². The Bertz CT molecular complexity index is 254. The third-order valence-electron chi connectivity index (χ3n) is 2.09. The van der Waals surface area contributed by atoms with E-state index in [0.29, 0.717) is 0 Å². The largest absolute Gasteiger partial charge is 0.372 e. The molecule has 2 rings (SSSR count). The number of hydrogen-bond donors (Lipinski definition) is 0. The van der Waals surface area contributed by atoms with Gasteiger partial charge < -0.3 is 9.64 Å². The molecule has 13 heavy (non-hydrogen) atoms. The highest BCUT2D eigenvalue weighted by atomic mass is 32.1. The van der Waals surface area contributed by atoms with Gasteiger partial charge in [-0.1, -0.05) is 0 Å². The Hall–Kier alpha value is -0.680. The number of ether oxygens (including phenoxy) is 1. The van der Waals surface area contributed by atoms with Gasteiger partial charge in [0.2, 0.25) is 0 Å². The van der Waals surface area contributed by atoms with E-state index in [2.05, 4.69) is 27.5 Å². The van der Waals surface area contributed by atoms with Crippen molar-refractivity contribution in [2.24, 2.45) is 0 Å². The summed E-state index contributed by atoms with van der Waals surface area (Å²) in [5, 5.41) is 0. The Morgan fingerprint density at radius 1 is 1.46 bits per heavy atom. The molecule has 0 aromatic carbocycles. The molecule has 0 radical (unpaired) electrons. The standard InChI is InChI=1S/C8H13N3OS/c1-6-4-11(5-7(2)12-6)8-3-9-13-10-8/h3,6-7H,4-5H2,1-2H3/t6-,7-/m0/s1. The van der Waals surface area contributed by atoms with Crippen molar-refractivity contribution in [2.75, 3.05) is 18.0 Å². The summed E-state index contributed by atoms with van der Waals surface area (Å²) in [5.41, 5.74) is 0. The molecule has 1 fully saturated rings. The Balaban J connectivity index is 2.07. The second-order valence-corrected chi connectivity index (χ2v) is 3.98. The number of rotatable bonds is 1. The summed E-state index contributed by atoms with van der Waals surface area (Å²) in [7, 11) is 0. The lowest BCUT2D eigenvalue weighted by atomic mass is 10.2. The average Bonchev–Trinajstić information content (AvgIpc) is 2.53. The molecule has 0 unspecified atom stereocenters. The first kappa shape index (κ1) is 8.90. The first-order chi connectivity index (χ1) is 6.25. The Labute approximate surface area is 81.9 Å². The summed E-state index contributed by atoms with van der Waals surface area (Å²) < 4.78 is 13.8. The van der Waals surface area contributed by atoms with E-state index in [1.165, 1.54) is 11.7 Å². The van der Waals surface area contributed by atoms with E-state index < -0.39 is 0 Å². The third kappa shape index (κ3) is 1.97. The molecule has 1 aliphatic rings. The van der Waals surface area contributed by atoms with Crippen molar-refractivity contribution in [1.29, 1.82) is 0 Å². The summed E-state index contributed by atoms with van der Waals surface area (Å²) in [6.07, 6.45) is 2.38. The lowest BCUT2D eigenvalue weighted by Crippen LogP contribution is -2.45. The molecule has 2 atom stereocenters. The van der Waals surface area contributed by atoms with Crippen LogP contribution in [-0.4, -0.2) is 34.0 Å². The van der Waals surface area contributed by atoms with Crippen molar-refractivity contribution in [3.8, 4) is 0 Å². The Morgan fingerprint density at radius 3 is 2.69 bits per heavy atom. The van der Waals surface area contributed by atoms with Crippen molar-refractivity contribution in [1.82, 2.24) is 8.75 Å². The molecule has 0 N–H and O–H groups in total. The normalized spacial score (nSPS) is 29.2. The van der Waals surface area contributed by atoms with Gasteiger partial charge in [-0.05, 0) is 13.8 Å². The number of anilines is 1. The number of aromatic nitrogens is 2. The molecule has 72 valence electrons. The molecular weight excluding hydrogens is 186 g/mol. The predicted octanol–water partition coefficient (Wildman–Crippen LogP) is 1.15. The van der Waals surface area contributed by atoms with E-state index in [4.69, 9.17) is 4.74 Å².